The van der Waals surface area contributed by atoms with Crippen LogP contribution in [0, 0.1) is 0 Å². The molecule has 1 saturated heterocycles. The van der Waals surface area contributed by atoms with Gasteiger partial charge in [-0.2, -0.15) is 0 Å². The van der Waals surface area contributed by atoms with Crippen LogP contribution in [0.3, 0.4) is 0 Å². The molecule has 2 aromatic heterocycles. The summed E-state index contributed by atoms with van der Waals surface area (Å²) in [6.07, 6.45) is 4.14. The number of hydrogen-bond donors (Lipinski definition) is 0. The molecule has 1 amide bonds. The molecule has 7 heteroatoms. The Kier molecular flexibility index (Phi) is 4.35. The van der Waals surface area contributed by atoms with E-state index in [-0.39, 0.29) is 12.5 Å². The van der Waals surface area contributed by atoms with Crippen molar-refractivity contribution in [1.29, 1.82) is 0 Å². The molecular weight excluding hydrogens is 354 g/mol. The standard InChI is InChI=1S/C21H23N5O2/c27-19(25-13-11-24(12-14-25)17-5-2-1-3-6-17)15-26-10-4-7-18(26)21-23-22-20(28-21)16-8-9-16/h1-7,10,16H,8-9,11-15H2. The summed E-state index contributed by atoms with van der Waals surface area (Å²) in [6, 6.07) is 14.2. The van der Waals surface area contributed by atoms with Gasteiger partial charge < -0.3 is 18.8 Å². The molecule has 144 valence electrons. The monoisotopic (exact) mass is 377 g/mol. The molecule has 2 fully saturated rings. The average Bonchev–Trinajstić information content (AvgIpc) is 3.30. The molecule has 3 heterocycles. The van der Waals surface area contributed by atoms with Crippen LogP contribution in [0.5, 0.6) is 0 Å². The maximum absolute atomic E-state index is 12.8. The van der Waals surface area contributed by atoms with E-state index in [9.17, 15) is 4.79 Å². The SMILES string of the molecule is O=C(Cn1cccc1-c1nnc(C2CC2)o1)N1CCN(c2ccccc2)CC1. The number of anilines is 1. The van der Waals surface area contributed by atoms with E-state index in [0.717, 1.165) is 44.7 Å². The number of piperazine rings is 1. The quantitative estimate of drug-likeness (QED) is 0.684. The van der Waals surface area contributed by atoms with Gasteiger partial charge in [-0.1, -0.05) is 18.2 Å². The van der Waals surface area contributed by atoms with Crippen molar-refractivity contribution in [3.63, 3.8) is 0 Å². The molecule has 1 aliphatic carbocycles. The molecule has 1 saturated carbocycles. The number of hydrogen-bond acceptors (Lipinski definition) is 5. The van der Waals surface area contributed by atoms with Gasteiger partial charge in [0.15, 0.2) is 0 Å². The highest BCUT2D eigenvalue weighted by molar-refractivity contribution is 5.77. The molecule has 0 N–H and O–H groups in total. The number of benzene rings is 1. The van der Waals surface area contributed by atoms with Gasteiger partial charge in [-0.3, -0.25) is 4.79 Å². The lowest BCUT2D eigenvalue weighted by Crippen LogP contribution is -2.49. The molecular formula is C21H23N5O2. The number of carbonyl (C=O) groups excluding carboxylic acids is 1. The third-order valence-corrected chi connectivity index (χ3v) is 5.48. The third kappa shape index (κ3) is 3.40. The van der Waals surface area contributed by atoms with Crippen LogP contribution in [0.2, 0.25) is 0 Å². The molecule has 0 bridgehead atoms. The molecule has 28 heavy (non-hydrogen) atoms. The van der Waals surface area contributed by atoms with Gasteiger partial charge in [0, 0.05) is 44.0 Å². The minimum atomic E-state index is 0.118. The Bertz CT molecular complexity index is 952. The van der Waals surface area contributed by atoms with Crippen molar-refractivity contribution in [1.82, 2.24) is 19.7 Å². The molecule has 5 rings (SSSR count). The molecule has 0 unspecified atom stereocenters. The zero-order valence-electron chi connectivity index (χ0n) is 15.7. The van der Waals surface area contributed by atoms with Crippen LogP contribution in [0.1, 0.15) is 24.7 Å². The maximum Gasteiger partial charge on any atom is 0.264 e. The highest BCUT2D eigenvalue weighted by Crippen LogP contribution is 2.39. The van der Waals surface area contributed by atoms with Crippen LogP contribution in [0.15, 0.2) is 53.1 Å². The van der Waals surface area contributed by atoms with Gasteiger partial charge in [0.2, 0.25) is 11.8 Å². The second-order valence-corrected chi connectivity index (χ2v) is 7.44. The van der Waals surface area contributed by atoms with Crippen molar-refractivity contribution in [2.24, 2.45) is 0 Å². The molecule has 7 nitrogen and oxygen atoms in total. The first-order chi connectivity index (χ1) is 13.8. The van der Waals surface area contributed by atoms with Crippen LogP contribution in [-0.2, 0) is 11.3 Å². The highest BCUT2D eigenvalue weighted by atomic mass is 16.4. The highest BCUT2D eigenvalue weighted by Gasteiger charge is 2.30. The summed E-state index contributed by atoms with van der Waals surface area (Å²) in [5.74, 6) is 1.75. The Morgan fingerprint density at radius 1 is 1.00 bits per heavy atom. The van der Waals surface area contributed by atoms with E-state index in [0.29, 0.717) is 17.7 Å². The summed E-state index contributed by atoms with van der Waals surface area (Å²) in [5.41, 5.74) is 2.01. The molecule has 1 aliphatic heterocycles. The molecule has 0 atom stereocenters. The first-order valence-corrected chi connectivity index (χ1v) is 9.84. The van der Waals surface area contributed by atoms with Crippen molar-refractivity contribution in [2.75, 3.05) is 31.1 Å². The fourth-order valence-corrected chi connectivity index (χ4v) is 3.68. The van der Waals surface area contributed by atoms with E-state index in [4.69, 9.17) is 4.42 Å². The Balaban J connectivity index is 1.22. The minimum Gasteiger partial charge on any atom is -0.419 e. The molecule has 3 aromatic rings. The van der Waals surface area contributed by atoms with E-state index >= 15 is 0 Å². The van der Waals surface area contributed by atoms with E-state index in [1.54, 1.807) is 0 Å². The predicted molar refractivity (Wildman–Crippen MR) is 105 cm³/mol. The molecule has 1 aromatic carbocycles. The Labute approximate surface area is 163 Å². The minimum absolute atomic E-state index is 0.118. The first-order valence-electron chi connectivity index (χ1n) is 9.84. The van der Waals surface area contributed by atoms with Crippen molar-refractivity contribution in [2.45, 2.75) is 25.3 Å². The smallest absolute Gasteiger partial charge is 0.264 e. The Hall–Kier alpha value is -3.09. The van der Waals surface area contributed by atoms with E-state index in [1.165, 1.54) is 5.69 Å². The molecule has 0 spiro atoms. The number of carbonyl (C=O) groups is 1. The lowest BCUT2D eigenvalue weighted by atomic mass is 10.2. The van der Waals surface area contributed by atoms with E-state index in [1.807, 2.05) is 46.0 Å². The summed E-state index contributed by atoms with van der Waals surface area (Å²) in [6.45, 7) is 3.45. The topological polar surface area (TPSA) is 67.4 Å². The largest absolute Gasteiger partial charge is 0.419 e. The van der Waals surface area contributed by atoms with Crippen molar-refractivity contribution in [3.05, 3.63) is 54.6 Å². The second kappa shape index (κ2) is 7.14. The first kappa shape index (κ1) is 17.0. The lowest BCUT2D eigenvalue weighted by Gasteiger charge is -2.36. The van der Waals surface area contributed by atoms with Crippen LogP contribution >= 0.6 is 0 Å². The van der Waals surface area contributed by atoms with Crippen molar-refractivity contribution >= 4 is 11.6 Å². The fraction of sp³-hybridized carbons (Fsp3) is 0.381. The summed E-state index contributed by atoms with van der Waals surface area (Å²) in [7, 11) is 0. The van der Waals surface area contributed by atoms with Gasteiger partial charge in [0.1, 0.15) is 12.2 Å². The van der Waals surface area contributed by atoms with Crippen molar-refractivity contribution < 1.29 is 9.21 Å². The van der Waals surface area contributed by atoms with Gasteiger partial charge in [-0.15, -0.1) is 10.2 Å². The fourth-order valence-electron chi connectivity index (χ4n) is 3.68. The average molecular weight is 377 g/mol. The van der Waals surface area contributed by atoms with Gasteiger partial charge in [0.25, 0.3) is 5.89 Å². The number of nitrogens with zero attached hydrogens (tertiary/aromatic N) is 5. The van der Waals surface area contributed by atoms with Crippen LogP contribution in [-0.4, -0.2) is 51.8 Å². The Morgan fingerprint density at radius 3 is 2.54 bits per heavy atom. The van der Waals surface area contributed by atoms with Gasteiger partial charge in [0.05, 0.1) is 0 Å². The Morgan fingerprint density at radius 2 is 1.79 bits per heavy atom. The van der Waals surface area contributed by atoms with Gasteiger partial charge in [-0.25, -0.2) is 0 Å². The lowest BCUT2D eigenvalue weighted by molar-refractivity contribution is -0.132. The zero-order valence-corrected chi connectivity index (χ0v) is 15.7. The van der Waals surface area contributed by atoms with Crippen molar-refractivity contribution in [3.8, 4) is 11.6 Å². The summed E-state index contributed by atoms with van der Waals surface area (Å²) in [5, 5.41) is 8.33. The normalized spacial score (nSPS) is 17.1. The number of para-hydroxylation sites is 1. The maximum atomic E-state index is 12.8. The summed E-state index contributed by atoms with van der Waals surface area (Å²) >= 11 is 0. The number of rotatable bonds is 5. The van der Waals surface area contributed by atoms with Gasteiger partial charge in [-0.05, 0) is 37.1 Å². The van der Waals surface area contributed by atoms with Crippen LogP contribution in [0.4, 0.5) is 5.69 Å². The summed E-state index contributed by atoms with van der Waals surface area (Å²) < 4.78 is 7.71. The predicted octanol–water partition coefficient (Wildman–Crippen LogP) is 2.76. The van der Waals surface area contributed by atoms with E-state index in [2.05, 4.69) is 27.2 Å². The molecule has 0 radical (unpaired) electrons. The van der Waals surface area contributed by atoms with E-state index < -0.39 is 0 Å². The number of aromatic nitrogens is 3. The zero-order chi connectivity index (χ0) is 18.9. The second-order valence-electron chi connectivity index (χ2n) is 7.44. The summed E-state index contributed by atoms with van der Waals surface area (Å²) in [4.78, 5) is 17.1. The third-order valence-electron chi connectivity index (χ3n) is 5.48. The van der Waals surface area contributed by atoms with Crippen LogP contribution < -0.4 is 4.90 Å². The number of amides is 1. The molecule has 2 aliphatic rings. The van der Waals surface area contributed by atoms with Gasteiger partial charge >= 0.3 is 0 Å². The van der Waals surface area contributed by atoms with Crippen LogP contribution in [0.25, 0.3) is 11.6 Å².